The molecule has 1 atom stereocenters. The molecule has 1 aliphatic rings. The maximum Gasteiger partial charge on any atom is 0.243 e. The SMILES string of the molecule is CCCCOc1cccc(CNC(=O)C2CCCN2C(=O)Cc2ccccc2)c1. The van der Waals surface area contributed by atoms with Gasteiger partial charge in [-0.2, -0.15) is 0 Å². The zero-order valence-corrected chi connectivity index (χ0v) is 17.1. The van der Waals surface area contributed by atoms with Crippen LogP contribution in [0, 0.1) is 0 Å². The molecule has 29 heavy (non-hydrogen) atoms. The maximum absolute atomic E-state index is 12.7. The molecule has 2 aromatic carbocycles. The van der Waals surface area contributed by atoms with Gasteiger partial charge in [0.25, 0.3) is 0 Å². The molecule has 0 radical (unpaired) electrons. The highest BCUT2D eigenvalue weighted by molar-refractivity contribution is 5.89. The van der Waals surface area contributed by atoms with Crippen molar-refractivity contribution in [3.05, 3.63) is 65.7 Å². The lowest BCUT2D eigenvalue weighted by Gasteiger charge is -2.24. The van der Waals surface area contributed by atoms with Crippen molar-refractivity contribution < 1.29 is 14.3 Å². The molecule has 5 heteroatoms. The average Bonchev–Trinajstić information content (AvgIpc) is 3.24. The molecule has 1 unspecified atom stereocenters. The van der Waals surface area contributed by atoms with Crippen LogP contribution in [0.4, 0.5) is 0 Å². The van der Waals surface area contributed by atoms with Gasteiger partial charge in [0.05, 0.1) is 13.0 Å². The van der Waals surface area contributed by atoms with Crippen molar-refractivity contribution in [3.63, 3.8) is 0 Å². The van der Waals surface area contributed by atoms with Gasteiger partial charge >= 0.3 is 0 Å². The molecule has 2 aromatic rings. The quantitative estimate of drug-likeness (QED) is 0.660. The highest BCUT2D eigenvalue weighted by Crippen LogP contribution is 2.20. The average molecular weight is 395 g/mol. The molecule has 1 N–H and O–H groups in total. The van der Waals surface area contributed by atoms with Crippen LogP contribution in [0.15, 0.2) is 54.6 Å². The van der Waals surface area contributed by atoms with Crippen LogP contribution in [0.3, 0.4) is 0 Å². The minimum absolute atomic E-state index is 0.0140. The fraction of sp³-hybridized carbons (Fsp3) is 0.417. The lowest BCUT2D eigenvalue weighted by molar-refractivity contribution is -0.138. The van der Waals surface area contributed by atoms with E-state index in [0.717, 1.165) is 36.1 Å². The Kier molecular flexibility index (Phi) is 7.68. The zero-order chi connectivity index (χ0) is 20.5. The van der Waals surface area contributed by atoms with Crippen molar-refractivity contribution in [1.82, 2.24) is 10.2 Å². The van der Waals surface area contributed by atoms with E-state index in [1.54, 1.807) is 4.90 Å². The molecular weight excluding hydrogens is 364 g/mol. The summed E-state index contributed by atoms with van der Waals surface area (Å²) < 4.78 is 5.73. The number of unbranched alkanes of at least 4 members (excludes halogenated alkanes) is 1. The van der Waals surface area contributed by atoms with E-state index >= 15 is 0 Å². The standard InChI is InChI=1S/C24H30N2O3/c1-2-3-15-29-21-12-7-11-20(16-21)18-25-24(28)22-13-8-14-26(22)23(27)17-19-9-5-4-6-10-19/h4-7,9-12,16,22H,2-3,8,13-15,17-18H2,1H3,(H,25,28). The Balaban J connectivity index is 1.53. The number of carbonyl (C=O) groups excluding carboxylic acids is 2. The molecule has 1 heterocycles. The number of nitrogens with zero attached hydrogens (tertiary/aromatic N) is 1. The lowest BCUT2D eigenvalue weighted by Crippen LogP contribution is -2.46. The Morgan fingerprint density at radius 1 is 1.10 bits per heavy atom. The lowest BCUT2D eigenvalue weighted by atomic mass is 10.1. The van der Waals surface area contributed by atoms with E-state index in [9.17, 15) is 9.59 Å². The van der Waals surface area contributed by atoms with Gasteiger partial charge in [-0.25, -0.2) is 0 Å². The minimum Gasteiger partial charge on any atom is -0.494 e. The Labute approximate surface area is 173 Å². The van der Waals surface area contributed by atoms with Gasteiger partial charge in [0.1, 0.15) is 11.8 Å². The first-order valence-electron chi connectivity index (χ1n) is 10.5. The smallest absolute Gasteiger partial charge is 0.243 e. The van der Waals surface area contributed by atoms with Crippen molar-refractivity contribution in [2.45, 2.75) is 51.6 Å². The molecule has 0 bridgehead atoms. The molecule has 0 spiro atoms. The first-order chi connectivity index (χ1) is 14.2. The first kappa shape index (κ1) is 20.9. The molecule has 1 fully saturated rings. The fourth-order valence-corrected chi connectivity index (χ4v) is 3.60. The number of hydrogen-bond donors (Lipinski definition) is 1. The summed E-state index contributed by atoms with van der Waals surface area (Å²) in [6, 6.07) is 17.1. The highest BCUT2D eigenvalue weighted by atomic mass is 16.5. The second-order valence-electron chi connectivity index (χ2n) is 7.47. The van der Waals surface area contributed by atoms with Crippen molar-refractivity contribution in [1.29, 1.82) is 0 Å². The van der Waals surface area contributed by atoms with Crippen LogP contribution in [0.25, 0.3) is 0 Å². The van der Waals surface area contributed by atoms with E-state index in [-0.39, 0.29) is 17.9 Å². The normalized spacial score (nSPS) is 15.9. The molecule has 3 rings (SSSR count). The number of carbonyl (C=O) groups is 2. The van der Waals surface area contributed by atoms with Gasteiger partial charge in [-0.3, -0.25) is 9.59 Å². The summed E-state index contributed by atoms with van der Waals surface area (Å²) >= 11 is 0. The number of ether oxygens (including phenoxy) is 1. The summed E-state index contributed by atoms with van der Waals surface area (Å²) in [4.78, 5) is 27.2. The monoisotopic (exact) mass is 394 g/mol. The van der Waals surface area contributed by atoms with Gasteiger partial charge in [-0.15, -0.1) is 0 Å². The Morgan fingerprint density at radius 2 is 1.90 bits per heavy atom. The summed E-state index contributed by atoms with van der Waals surface area (Å²) in [6.07, 6.45) is 4.03. The fourth-order valence-electron chi connectivity index (χ4n) is 3.60. The van der Waals surface area contributed by atoms with E-state index in [2.05, 4.69) is 12.2 Å². The first-order valence-corrected chi connectivity index (χ1v) is 10.5. The van der Waals surface area contributed by atoms with Crippen LogP contribution >= 0.6 is 0 Å². The van der Waals surface area contributed by atoms with E-state index in [1.165, 1.54) is 0 Å². The van der Waals surface area contributed by atoms with Crippen molar-refractivity contribution in [2.75, 3.05) is 13.2 Å². The van der Waals surface area contributed by atoms with Gasteiger partial charge in [-0.05, 0) is 42.5 Å². The summed E-state index contributed by atoms with van der Waals surface area (Å²) in [7, 11) is 0. The van der Waals surface area contributed by atoms with Crippen LogP contribution in [0.5, 0.6) is 5.75 Å². The number of amides is 2. The summed E-state index contributed by atoms with van der Waals surface area (Å²) in [5.41, 5.74) is 1.97. The summed E-state index contributed by atoms with van der Waals surface area (Å²) in [6.45, 7) is 3.91. The Morgan fingerprint density at radius 3 is 2.69 bits per heavy atom. The highest BCUT2D eigenvalue weighted by Gasteiger charge is 2.33. The van der Waals surface area contributed by atoms with E-state index < -0.39 is 0 Å². The number of nitrogens with one attached hydrogen (secondary N) is 1. The van der Waals surface area contributed by atoms with Gasteiger partial charge in [-0.1, -0.05) is 55.8 Å². The Bertz CT molecular complexity index is 807. The van der Waals surface area contributed by atoms with Gasteiger partial charge < -0.3 is 15.0 Å². The number of rotatable bonds is 9. The van der Waals surface area contributed by atoms with E-state index in [4.69, 9.17) is 4.74 Å². The van der Waals surface area contributed by atoms with Gasteiger partial charge in [0.2, 0.25) is 11.8 Å². The van der Waals surface area contributed by atoms with Crippen LogP contribution in [-0.2, 0) is 22.6 Å². The molecule has 5 nitrogen and oxygen atoms in total. The van der Waals surface area contributed by atoms with Gasteiger partial charge in [0.15, 0.2) is 0 Å². The number of hydrogen-bond acceptors (Lipinski definition) is 3. The van der Waals surface area contributed by atoms with Crippen LogP contribution < -0.4 is 10.1 Å². The summed E-state index contributed by atoms with van der Waals surface area (Å²) in [5.74, 6) is 0.757. The third-order valence-corrected chi connectivity index (χ3v) is 5.21. The second-order valence-corrected chi connectivity index (χ2v) is 7.47. The minimum atomic E-state index is -0.379. The van der Waals surface area contributed by atoms with Crippen LogP contribution in [-0.4, -0.2) is 35.9 Å². The maximum atomic E-state index is 12.7. The molecule has 154 valence electrons. The number of likely N-dealkylation sites (tertiary alicyclic amines) is 1. The molecule has 2 amide bonds. The van der Waals surface area contributed by atoms with E-state index in [0.29, 0.717) is 32.5 Å². The molecule has 1 aliphatic heterocycles. The molecular formula is C24H30N2O3. The van der Waals surface area contributed by atoms with Crippen molar-refractivity contribution in [3.8, 4) is 5.75 Å². The third-order valence-electron chi connectivity index (χ3n) is 5.21. The predicted molar refractivity (Wildman–Crippen MR) is 114 cm³/mol. The van der Waals surface area contributed by atoms with E-state index in [1.807, 2.05) is 54.6 Å². The molecule has 0 aromatic heterocycles. The van der Waals surface area contributed by atoms with Crippen molar-refractivity contribution in [2.24, 2.45) is 0 Å². The third kappa shape index (κ3) is 6.08. The Hall–Kier alpha value is -2.82. The predicted octanol–water partition coefficient (Wildman–Crippen LogP) is 3.72. The van der Waals surface area contributed by atoms with Crippen LogP contribution in [0.1, 0.15) is 43.7 Å². The summed E-state index contributed by atoms with van der Waals surface area (Å²) in [5, 5.41) is 3.00. The topological polar surface area (TPSA) is 58.6 Å². The van der Waals surface area contributed by atoms with Gasteiger partial charge in [0, 0.05) is 13.1 Å². The second kappa shape index (κ2) is 10.6. The number of benzene rings is 2. The molecule has 0 saturated carbocycles. The molecule has 1 saturated heterocycles. The molecule has 0 aliphatic carbocycles. The largest absolute Gasteiger partial charge is 0.494 e. The van der Waals surface area contributed by atoms with Crippen molar-refractivity contribution >= 4 is 11.8 Å². The van der Waals surface area contributed by atoms with Crippen LogP contribution in [0.2, 0.25) is 0 Å². The zero-order valence-electron chi connectivity index (χ0n) is 17.1.